The molecule has 0 bridgehead atoms. The lowest BCUT2D eigenvalue weighted by Crippen LogP contribution is -2.37. The van der Waals surface area contributed by atoms with Gasteiger partial charge in [-0.15, -0.1) is 0 Å². The van der Waals surface area contributed by atoms with Crippen LogP contribution in [-0.2, 0) is 23.8 Å². The molecule has 1 fully saturated rings. The summed E-state index contributed by atoms with van der Waals surface area (Å²) in [4.78, 5) is 23.1. The minimum Gasteiger partial charge on any atom is -0.493 e. The van der Waals surface area contributed by atoms with E-state index < -0.39 is 12.1 Å². The summed E-state index contributed by atoms with van der Waals surface area (Å²) in [5.74, 6) is -0.955. The molecule has 6 nitrogen and oxygen atoms in total. The number of ether oxygens (including phenoxy) is 3. The van der Waals surface area contributed by atoms with Gasteiger partial charge in [0.25, 0.3) is 5.91 Å². The van der Waals surface area contributed by atoms with Crippen molar-refractivity contribution in [1.82, 2.24) is 5.32 Å². The third kappa shape index (κ3) is 3.37. The van der Waals surface area contributed by atoms with E-state index in [2.05, 4.69) is 5.32 Å². The second kappa shape index (κ2) is 5.07. The van der Waals surface area contributed by atoms with Crippen LogP contribution in [0.2, 0.25) is 0 Å². The van der Waals surface area contributed by atoms with Gasteiger partial charge in [-0.05, 0) is 19.8 Å². The fraction of sp³-hybridized carbons (Fsp3) is 0.636. The summed E-state index contributed by atoms with van der Waals surface area (Å²) in [5.41, 5.74) is 0. The molecule has 0 aromatic rings. The lowest BCUT2D eigenvalue weighted by molar-refractivity contribution is -0.155. The van der Waals surface area contributed by atoms with E-state index in [9.17, 15) is 9.59 Å². The monoisotopic (exact) mass is 241 g/mol. The number of nitrogens with one attached hydrogen (secondary N) is 1. The smallest absolute Gasteiger partial charge is 0.377 e. The lowest BCUT2D eigenvalue weighted by Gasteiger charge is -2.17. The molecule has 0 aromatic carbocycles. The zero-order chi connectivity index (χ0) is 12.3. The number of hydrogen-bond donors (Lipinski definition) is 1. The summed E-state index contributed by atoms with van der Waals surface area (Å²) in [6.45, 7) is 2.25. The predicted molar refractivity (Wildman–Crippen MR) is 56.7 cm³/mol. The second-order valence-corrected chi connectivity index (χ2v) is 4.03. The van der Waals surface area contributed by atoms with Crippen molar-refractivity contribution in [3.63, 3.8) is 0 Å². The number of carbonyl (C=O) groups is 2. The molecule has 0 saturated heterocycles. The normalized spacial score (nSPS) is 20.4. The topological polar surface area (TPSA) is 73.9 Å². The van der Waals surface area contributed by atoms with Crippen LogP contribution in [-0.4, -0.2) is 37.2 Å². The Morgan fingerprint density at radius 3 is 2.82 bits per heavy atom. The number of rotatable bonds is 4. The molecule has 1 atom stereocenters. The van der Waals surface area contributed by atoms with Crippen LogP contribution < -0.4 is 5.32 Å². The van der Waals surface area contributed by atoms with Gasteiger partial charge in [-0.2, -0.15) is 0 Å². The zero-order valence-corrected chi connectivity index (χ0v) is 9.60. The first-order valence-corrected chi connectivity index (χ1v) is 5.63. The molecule has 1 aliphatic heterocycles. The van der Waals surface area contributed by atoms with Crippen LogP contribution in [0.1, 0.15) is 19.8 Å². The predicted octanol–water partition coefficient (Wildman–Crippen LogP) is 0.0849. The summed E-state index contributed by atoms with van der Waals surface area (Å²) >= 11 is 0. The molecule has 1 heterocycles. The van der Waals surface area contributed by atoms with E-state index in [1.54, 1.807) is 0 Å². The molecule has 94 valence electrons. The van der Waals surface area contributed by atoms with Gasteiger partial charge in [-0.3, -0.25) is 4.79 Å². The Kier molecular flexibility index (Phi) is 3.51. The molecule has 1 N–H and O–H groups in total. The van der Waals surface area contributed by atoms with Crippen LogP contribution in [0, 0.1) is 0 Å². The van der Waals surface area contributed by atoms with Gasteiger partial charge < -0.3 is 19.5 Å². The molecule has 0 unspecified atom stereocenters. The van der Waals surface area contributed by atoms with E-state index in [-0.39, 0.29) is 17.7 Å². The highest BCUT2D eigenvalue weighted by Crippen LogP contribution is 2.19. The van der Waals surface area contributed by atoms with E-state index in [1.807, 2.05) is 0 Å². The van der Waals surface area contributed by atoms with Gasteiger partial charge in [0.1, 0.15) is 19.5 Å². The van der Waals surface area contributed by atoms with Crippen LogP contribution in [0.3, 0.4) is 0 Å². The molecule has 1 amide bonds. The Labute approximate surface area is 98.9 Å². The zero-order valence-electron chi connectivity index (χ0n) is 9.60. The first kappa shape index (κ1) is 11.8. The summed E-state index contributed by atoms with van der Waals surface area (Å²) in [6.07, 6.45) is 2.37. The van der Waals surface area contributed by atoms with Crippen LogP contribution in [0.15, 0.2) is 12.0 Å². The molecule has 2 rings (SSSR count). The molecule has 6 heteroatoms. The van der Waals surface area contributed by atoms with Crippen molar-refractivity contribution < 1.29 is 23.8 Å². The van der Waals surface area contributed by atoms with E-state index >= 15 is 0 Å². The van der Waals surface area contributed by atoms with Crippen LogP contribution in [0.25, 0.3) is 0 Å². The average molecular weight is 241 g/mol. The summed E-state index contributed by atoms with van der Waals surface area (Å²) < 4.78 is 14.9. The van der Waals surface area contributed by atoms with Crippen LogP contribution in [0.5, 0.6) is 0 Å². The maximum absolute atomic E-state index is 11.5. The van der Waals surface area contributed by atoms with Crippen LogP contribution in [0.4, 0.5) is 0 Å². The number of esters is 1. The molecule has 1 saturated carbocycles. The van der Waals surface area contributed by atoms with E-state index in [4.69, 9.17) is 14.2 Å². The first-order chi connectivity index (χ1) is 8.16. The quantitative estimate of drug-likeness (QED) is 0.706. The molecule has 0 radical (unpaired) electrons. The van der Waals surface area contributed by atoms with E-state index in [0.717, 1.165) is 12.8 Å². The van der Waals surface area contributed by atoms with Crippen molar-refractivity contribution in [2.24, 2.45) is 0 Å². The Balaban J connectivity index is 1.80. The highest BCUT2D eigenvalue weighted by Gasteiger charge is 2.28. The molecular weight excluding hydrogens is 226 g/mol. The third-order valence-electron chi connectivity index (χ3n) is 2.43. The van der Waals surface area contributed by atoms with Gasteiger partial charge in [0.05, 0.1) is 0 Å². The molecule has 2 aliphatic rings. The van der Waals surface area contributed by atoms with Crippen molar-refractivity contribution in [2.75, 3.05) is 13.2 Å². The Hall–Kier alpha value is -1.72. The van der Waals surface area contributed by atoms with E-state index in [0.29, 0.717) is 13.2 Å². The van der Waals surface area contributed by atoms with Crippen molar-refractivity contribution >= 4 is 11.9 Å². The average Bonchev–Trinajstić information content (AvgIpc) is 3.14. The highest BCUT2D eigenvalue weighted by atomic mass is 16.6. The standard InChI is InChI=1S/C11H15NO5/c1-7(10(13)12-8-2-3-8)17-11(14)9-6-15-4-5-16-9/h6-8H,2-5H2,1H3,(H,12,13)/t7-/m1/s1. The molecule has 17 heavy (non-hydrogen) atoms. The molecule has 0 aromatic heterocycles. The fourth-order valence-electron chi connectivity index (χ4n) is 1.29. The fourth-order valence-corrected chi connectivity index (χ4v) is 1.29. The summed E-state index contributed by atoms with van der Waals surface area (Å²) in [5, 5.41) is 2.75. The van der Waals surface area contributed by atoms with Gasteiger partial charge in [0, 0.05) is 6.04 Å². The Morgan fingerprint density at radius 2 is 2.24 bits per heavy atom. The number of amides is 1. The Bertz CT molecular complexity index is 348. The van der Waals surface area contributed by atoms with Crippen molar-refractivity contribution in [2.45, 2.75) is 31.9 Å². The number of carbonyl (C=O) groups excluding carboxylic acids is 2. The van der Waals surface area contributed by atoms with Crippen LogP contribution >= 0.6 is 0 Å². The first-order valence-electron chi connectivity index (χ1n) is 5.63. The lowest BCUT2D eigenvalue weighted by atomic mass is 10.3. The molecule has 1 aliphatic carbocycles. The Morgan fingerprint density at radius 1 is 1.47 bits per heavy atom. The van der Waals surface area contributed by atoms with Gasteiger partial charge in [0.2, 0.25) is 5.76 Å². The largest absolute Gasteiger partial charge is 0.493 e. The van der Waals surface area contributed by atoms with Gasteiger partial charge >= 0.3 is 5.97 Å². The minimum absolute atomic E-state index is 0.00215. The molecular formula is C11H15NO5. The van der Waals surface area contributed by atoms with Crippen molar-refractivity contribution in [3.05, 3.63) is 12.0 Å². The molecule has 0 spiro atoms. The highest BCUT2D eigenvalue weighted by molar-refractivity contribution is 5.90. The van der Waals surface area contributed by atoms with Crippen molar-refractivity contribution in [3.8, 4) is 0 Å². The van der Waals surface area contributed by atoms with E-state index in [1.165, 1.54) is 13.2 Å². The van der Waals surface area contributed by atoms with Crippen molar-refractivity contribution in [1.29, 1.82) is 0 Å². The van der Waals surface area contributed by atoms with Gasteiger partial charge in [0.15, 0.2) is 6.10 Å². The summed E-state index contributed by atoms with van der Waals surface area (Å²) in [6, 6.07) is 0.247. The van der Waals surface area contributed by atoms with Gasteiger partial charge in [-0.1, -0.05) is 0 Å². The maximum Gasteiger partial charge on any atom is 0.377 e. The second-order valence-electron chi connectivity index (χ2n) is 4.03. The maximum atomic E-state index is 11.5. The number of hydrogen-bond acceptors (Lipinski definition) is 5. The van der Waals surface area contributed by atoms with Gasteiger partial charge in [-0.25, -0.2) is 4.79 Å². The third-order valence-corrected chi connectivity index (χ3v) is 2.43. The summed E-state index contributed by atoms with van der Waals surface area (Å²) in [7, 11) is 0. The SMILES string of the molecule is C[C@@H](OC(=O)C1=COCCO1)C(=O)NC1CC1. The minimum atomic E-state index is -0.825.